The van der Waals surface area contributed by atoms with Gasteiger partial charge in [0.05, 0.1) is 0 Å². The van der Waals surface area contributed by atoms with Crippen LogP contribution in [0.25, 0.3) is 0 Å². The minimum atomic E-state index is -0.164. The number of rotatable bonds is 28. The number of hydrogen-bond acceptors (Lipinski definition) is 10. The smallest absolute Gasteiger partial charge is 0.310 e. The molecule has 4 heterocycles. The number of benzene rings is 2. The molecule has 4 fully saturated rings. The Bertz CT molecular complexity index is 1540. The van der Waals surface area contributed by atoms with E-state index >= 15 is 0 Å². The summed E-state index contributed by atoms with van der Waals surface area (Å²) < 4.78 is 10.8. The Morgan fingerprint density at radius 1 is 0.534 bits per heavy atom. The van der Waals surface area contributed by atoms with E-state index in [-0.39, 0.29) is 11.9 Å². The Balaban J connectivity index is 0.840. The van der Waals surface area contributed by atoms with E-state index in [0.717, 1.165) is 60.1 Å². The van der Waals surface area contributed by atoms with Crippen molar-refractivity contribution >= 4 is 80.6 Å². The van der Waals surface area contributed by atoms with Crippen molar-refractivity contribution in [2.24, 2.45) is 0 Å². The number of aryl methyl sites for hydroxylation is 2. The molecule has 9 atom stereocenters. The molecule has 322 valence electrons. The van der Waals surface area contributed by atoms with Crippen LogP contribution in [0.15, 0.2) is 48.5 Å². The van der Waals surface area contributed by atoms with E-state index in [1.54, 1.807) is 0 Å². The lowest BCUT2D eigenvalue weighted by molar-refractivity contribution is -0.134. The van der Waals surface area contributed by atoms with Crippen molar-refractivity contribution in [1.29, 1.82) is 0 Å². The molecule has 0 aliphatic carbocycles. The summed E-state index contributed by atoms with van der Waals surface area (Å²) in [5, 5.41) is 7.83. The second kappa shape index (κ2) is 25.6. The summed E-state index contributed by atoms with van der Waals surface area (Å²) in [5.74, 6) is 2.44. The van der Waals surface area contributed by atoms with Crippen molar-refractivity contribution in [3.8, 4) is 11.5 Å². The maximum atomic E-state index is 11.6. The number of ether oxygens (including phenoxy) is 2. The topological polar surface area (TPSA) is 52.6 Å². The number of unbranched alkanes of at least 4 members (excludes halogenated alkanes) is 8. The van der Waals surface area contributed by atoms with Gasteiger partial charge >= 0.3 is 11.9 Å². The van der Waals surface area contributed by atoms with Gasteiger partial charge in [-0.3, -0.25) is 9.59 Å². The van der Waals surface area contributed by atoms with Crippen LogP contribution in [0.3, 0.4) is 0 Å². The molecule has 4 aliphatic heterocycles. The lowest BCUT2D eigenvalue weighted by Gasteiger charge is -2.27. The van der Waals surface area contributed by atoms with Gasteiger partial charge in [0.25, 0.3) is 0 Å². The second-order valence-corrected chi connectivity index (χ2v) is 25.5. The van der Waals surface area contributed by atoms with Crippen LogP contribution in [0.5, 0.6) is 11.5 Å². The minimum absolute atomic E-state index is 0.164. The molecule has 4 nitrogen and oxygen atoms in total. The monoisotopic (exact) mass is 902 g/mol. The van der Waals surface area contributed by atoms with Gasteiger partial charge in [0.2, 0.25) is 0 Å². The third-order valence-electron chi connectivity index (χ3n) is 12.0. The maximum Gasteiger partial charge on any atom is 0.310 e. The molecule has 0 spiro atoms. The molecule has 4 aliphatic rings. The largest absolute Gasteiger partial charge is 0.427 e. The highest BCUT2D eigenvalue weighted by molar-refractivity contribution is 8.77. The Morgan fingerprint density at radius 3 is 1.43 bits per heavy atom. The first-order valence-electron chi connectivity index (χ1n) is 22.9. The third kappa shape index (κ3) is 17.0. The lowest BCUT2D eigenvalue weighted by atomic mass is 10.0. The molecule has 2 aromatic carbocycles. The number of esters is 2. The summed E-state index contributed by atoms with van der Waals surface area (Å²) in [6, 6.07) is 16.2. The van der Waals surface area contributed by atoms with Gasteiger partial charge in [-0.1, -0.05) is 124 Å². The quantitative estimate of drug-likeness (QED) is 0.0271. The summed E-state index contributed by atoms with van der Waals surface area (Å²) in [6.07, 6.45) is 25.9. The van der Waals surface area contributed by atoms with Gasteiger partial charge in [-0.15, -0.1) is 0 Å². The summed E-state index contributed by atoms with van der Waals surface area (Å²) in [5.41, 5.74) is 2.55. The normalized spacial score (nSPS) is 27.5. The number of carbonyl (C=O) groups excluding carboxylic acids is 2. The van der Waals surface area contributed by atoms with Gasteiger partial charge in [0, 0.05) is 65.8 Å². The molecule has 58 heavy (non-hydrogen) atoms. The molecule has 6 rings (SSSR count). The molecular formula is C48H70O4S6. The lowest BCUT2D eigenvalue weighted by Crippen LogP contribution is -2.27. The van der Waals surface area contributed by atoms with E-state index in [0.29, 0.717) is 24.3 Å². The molecule has 0 amide bonds. The zero-order valence-electron chi connectivity index (χ0n) is 35.5. The molecule has 4 saturated heterocycles. The van der Waals surface area contributed by atoms with E-state index in [4.69, 9.17) is 9.47 Å². The fourth-order valence-electron chi connectivity index (χ4n) is 8.34. The van der Waals surface area contributed by atoms with Gasteiger partial charge in [-0.2, -0.15) is 47.0 Å². The molecule has 10 heteroatoms. The zero-order valence-corrected chi connectivity index (χ0v) is 40.4. The van der Waals surface area contributed by atoms with Crippen molar-refractivity contribution < 1.29 is 19.1 Å². The Morgan fingerprint density at radius 2 is 0.966 bits per heavy atom. The van der Waals surface area contributed by atoms with Crippen molar-refractivity contribution in [3.63, 3.8) is 0 Å². The summed E-state index contributed by atoms with van der Waals surface area (Å²) in [4.78, 5) is 23.3. The van der Waals surface area contributed by atoms with Crippen LogP contribution < -0.4 is 9.47 Å². The van der Waals surface area contributed by atoms with Crippen molar-refractivity contribution in [3.05, 3.63) is 59.7 Å². The highest BCUT2D eigenvalue weighted by Gasteiger charge is 2.46. The first-order chi connectivity index (χ1) is 28.4. The maximum absolute atomic E-state index is 11.6. The van der Waals surface area contributed by atoms with Gasteiger partial charge in [-0.25, -0.2) is 0 Å². The van der Waals surface area contributed by atoms with Crippen molar-refractivity contribution in [2.75, 3.05) is 5.75 Å². The minimum Gasteiger partial charge on any atom is -0.427 e. The van der Waals surface area contributed by atoms with E-state index < -0.39 is 0 Å². The van der Waals surface area contributed by atoms with Crippen LogP contribution in [0.2, 0.25) is 0 Å². The molecule has 0 radical (unpaired) electrons. The van der Waals surface area contributed by atoms with Crippen LogP contribution >= 0.6 is 68.6 Å². The van der Waals surface area contributed by atoms with Crippen LogP contribution in [0.1, 0.15) is 154 Å². The molecule has 0 saturated carbocycles. The van der Waals surface area contributed by atoms with Gasteiger partial charge < -0.3 is 9.47 Å². The Hall–Kier alpha value is -0.520. The molecule has 0 aromatic heterocycles. The van der Waals surface area contributed by atoms with Crippen molar-refractivity contribution in [2.45, 2.75) is 203 Å². The Kier molecular flexibility index (Phi) is 20.7. The summed E-state index contributed by atoms with van der Waals surface area (Å²) in [7, 11) is 4.65. The van der Waals surface area contributed by atoms with E-state index in [1.807, 2.05) is 50.2 Å². The molecule has 2 aromatic rings. The highest BCUT2D eigenvalue weighted by Crippen LogP contribution is 2.58. The van der Waals surface area contributed by atoms with Gasteiger partial charge in [0.15, 0.2) is 0 Å². The fourth-order valence-corrected chi connectivity index (χ4v) is 18.1. The predicted molar refractivity (Wildman–Crippen MR) is 261 cm³/mol. The second-order valence-electron chi connectivity index (χ2n) is 16.9. The predicted octanol–water partition coefficient (Wildman–Crippen LogP) is 14.4. The first kappa shape index (κ1) is 47.0. The van der Waals surface area contributed by atoms with E-state index in [2.05, 4.69) is 87.7 Å². The highest BCUT2D eigenvalue weighted by atomic mass is 33.1. The average Bonchev–Trinajstić information content (AvgIpc) is 4.13. The molecule has 9 unspecified atom stereocenters. The number of carbonyl (C=O) groups is 2. The van der Waals surface area contributed by atoms with Gasteiger partial charge in [-0.05, 0) is 99.6 Å². The SMILES string of the molecule is CCCC1SC(CC2CS2)C(CC2SC2CCCCCCCc2cccc(OC(=O)CC)c2)SSC1CC1SC1CCCCCCCc1cccc(OC(=O)CC)c1. The average molecular weight is 903 g/mol. The summed E-state index contributed by atoms with van der Waals surface area (Å²) in [6.45, 7) is 6.08. The van der Waals surface area contributed by atoms with Gasteiger partial charge in [0.1, 0.15) is 11.5 Å². The molecule has 0 N–H and O–H groups in total. The Labute approximate surface area is 376 Å². The van der Waals surface area contributed by atoms with Crippen LogP contribution in [0, 0.1) is 0 Å². The van der Waals surface area contributed by atoms with E-state index in [1.165, 1.54) is 126 Å². The fraction of sp³-hybridized carbons (Fsp3) is 0.708. The van der Waals surface area contributed by atoms with Crippen molar-refractivity contribution in [1.82, 2.24) is 0 Å². The summed E-state index contributed by atoms with van der Waals surface area (Å²) >= 11 is 9.26. The van der Waals surface area contributed by atoms with Crippen LogP contribution in [-0.2, 0) is 22.4 Å². The van der Waals surface area contributed by atoms with E-state index in [9.17, 15) is 9.59 Å². The first-order valence-corrected chi connectivity index (χ1v) is 29.0. The van der Waals surface area contributed by atoms with Crippen LogP contribution in [0.4, 0.5) is 0 Å². The number of thioether (sulfide) groups is 4. The zero-order chi connectivity index (χ0) is 40.5. The standard InChI is InChI=1S/C48H70O4S6/c1-4-19-39-45(31-43-40(55-43)26-15-11-7-9-13-20-34-22-17-24-36(28-34)51-47(49)5-2)57-58-46(42(54-39)30-38-33-53-38)32-44-41(56-44)27-16-12-8-10-14-21-35-23-18-25-37(29-35)52-48(50)6-3/h17-18,22-25,28-29,38-46H,4-16,19-21,26-27,30-33H2,1-3H3. The molecule has 0 bridgehead atoms. The molecular weight excluding hydrogens is 833 g/mol. The van der Waals surface area contributed by atoms with Crippen LogP contribution in [-0.4, -0.2) is 64.9 Å². The third-order valence-corrected chi connectivity index (χ3v) is 21.5. The number of hydrogen-bond donors (Lipinski definition) is 0.